The van der Waals surface area contributed by atoms with Crippen molar-refractivity contribution in [2.75, 3.05) is 12.1 Å². The van der Waals surface area contributed by atoms with Gasteiger partial charge in [0.1, 0.15) is 5.66 Å². The Labute approximate surface area is 107 Å². The third-order valence-corrected chi connectivity index (χ3v) is 4.37. The maximum Gasteiger partial charge on any atom is 0.192 e. The zero-order valence-electron chi connectivity index (χ0n) is 10.2. The van der Waals surface area contributed by atoms with Crippen molar-refractivity contribution < 1.29 is 0 Å². The quantitative estimate of drug-likeness (QED) is 0.768. The molecule has 2 fully saturated rings. The Hall–Kier alpha value is -1.13. The first kappa shape index (κ1) is 11.0. The van der Waals surface area contributed by atoms with Crippen LogP contribution in [0.5, 0.6) is 0 Å². The van der Waals surface area contributed by atoms with Crippen LogP contribution in [0.2, 0.25) is 0 Å². The molecule has 1 heterocycles. The van der Waals surface area contributed by atoms with Gasteiger partial charge in [-0.3, -0.25) is 0 Å². The Morgan fingerprint density at radius 3 is 2.35 bits per heavy atom. The Morgan fingerprint density at radius 1 is 1.24 bits per heavy atom. The highest BCUT2D eigenvalue weighted by atomic mass is 32.1. The van der Waals surface area contributed by atoms with E-state index in [2.05, 4.69) is 48.6 Å². The second kappa shape index (κ2) is 3.68. The van der Waals surface area contributed by atoms with Crippen LogP contribution in [-0.2, 0) is 0 Å². The molecule has 90 valence electrons. The number of nitrogens with zero attached hydrogens (tertiary/aromatic N) is 2. The van der Waals surface area contributed by atoms with E-state index in [1.807, 2.05) is 5.01 Å². The number of hydrazine groups is 1. The maximum absolute atomic E-state index is 5.52. The van der Waals surface area contributed by atoms with Crippen LogP contribution < -0.4 is 10.4 Å². The van der Waals surface area contributed by atoms with Crippen LogP contribution >= 0.6 is 12.2 Å². The molecule has 1 aliphatic heterocycles. The highest BCUT2D eigenvalue weighted by Gasteiger charge is 2.49. The third kappa shape index (κ3) is 1.55. The molecule has 1 N–H and O–H groups in total. The van der Waals surface area contributed by atoms with Gasteiger partial charge >= 0.3 is 0 Å². The fourth-order valence-electron chi connectivity index (χ4n) is 2.49. The zero-order chi connectivity index (χ0) is 12.0. The number of hydrogen-bond donors (Lipinski definition) is 1. The Kier molecular flexibility index (Phi) is 2.38. The fourth-order valence-corrected chi connectivity index (χ4v) is 2.82. The molecule has 1 spiro atoms. The van der Waals surface area contributed by atoms with Crippen molar-refractivity contribution in [3.05, 3.63) is 29.8 Å². The van der Waals surface area contributed by atoms with Crippen molar-refractivity contribution in [1.29, 1.82) is 0 Å². The number of thiocarbonyl (C=S) groups is 1. The molecule has 0 bridgehead atoms. The fraction of sp³-hybridized carbons (Fsp3) is 0.462. The average molecular weight is 247 g/mol. The molecule has 1 aliphatic carbocycles. The molecule has 3 rings (SSSR count). The van der Waals surface area contributed by atoms with E-state index in [1.54, 1.807) is 0 Å². The smallest absolute Gasteiger partial charge is 0.192 e. The van der Waals surface area contributed by atoms with Gasteiger partial charge < -0.3 is 4.90 Å². The third-order valence-electron chi connectivity index (χ3n) is 3.91. The summed E-state index contributed by atoms with van der Waals surface area (Å²) in [4.78, 5) is 2.20. The first-order chi connectivity index (χ1) is 8.12. The van der Waals surface area contributed by atoms with E-state index in [1.165, 1.54) is 24.8 Å². The number of nitrogens with one attached hydrogen (secondary N) is 1. The topological polar surface area (TPSA) is 18.5 Å². The molecule has 17 heavy (non-hydrogen) atoms. The van der Waals surface area contributed by atoms with Crippen LogP contribution in [0.15, 0.2) is 24.3 Å². The number of benzene rings is 1. The van der Waals surface area contributed by atoms with Crippen LogP contribution in [0, 0.1) is 6.92 Å². The lowest BCUT2D eigenvalue weighted by molar-refractivity contribution is 0.0878. The summed E-state index contributed by atoms with van der Waals surface area (Å²) in [6.07, 6.45) is 3.62. The first-order valence-corrected chi connectivity index (χ1v) is 6.46. The summed E-state index contributed by atoms with van der Waals surface area (Å²) in [5.41, 5.74) is 6.03. The van der Waals surface area contributed by atoms with E-state index in [0.29, 0.717) is 0 Å². The molecule has 2 aliphatic rings. The highest BCUT2D eigenvalue weighted by Crippen LogP contribution is 2.39. The summed E-state index contributed by atoms with van der Waals surface area (Å²) in [6.45, 7) is 2.10. The average Bonchev–Trinajstić information content (AvgIpc) is 2.54. The predicted molar refractivity (Wildman–Crippen MR) is 73.7 cm³/mol. The molecule has 0 aromatic heterocycles. The van der Waals surface area contributed by atoms with Crippen molar-refractivity contribution >= 4 is 23.0 Å². The monoisotopic (exact) mass is 247 g/mol. The molecule has 3 nitrogen and oxygen atoms in total. The molecule has 0 unspecified atom stereocenters. The van der Waals surface area contributed by atoms with Crippen molar-refractivity contribution in [1.82, 2.24) is 10.3 Å². The van der Waals surface area contributed by atoms with E-state index in [-0.39, 0.29) is 5.66 Å². The van der Waals surface area contributed by atoms with Crippen LogP contribution in [0.1, 0.15) is 24.8 Å². The molecule has 1 aromatic carbocycles. The predicted octanol–water partition coefficient (Wildman–Crippen LogP) is 2.42. The minimum atomic E-state index is 0.0853. The highest BCUT2D eigenvalue weighted by molar-refractivity contribution is 7.80. The molecule has 1 aromatic rings. The lowest BCUT2D eigenvalue weighted by Crippen LogP contribution is -2.56. The van der Waals surface area contributed by atoms with Gasteiger partial charge in [0.2, 0.25) is 0 Å². The Bertz CT molecular complexity index is 450. The van der Waals surface area contributed by atoms with Gasteiger partial charge in [-0.15, -0.1) is 0 Å². The number of hydrogen-bond acceptors (Lipinski definition) is 2. The standard InChI is InChI=1S/C13H17N3S/c1-10-4-6-11(7-5-10)16-12(17)15(2)13(14-16)8-3-9-13/h4-7,14H,3,8-9H2,1-2H3. The largest absolute Gasteiger partial charge is 0.331 e. The van der Waals surface area contributed by atoms with Gasteiger partial charge in [-0.25, -0.2) is 10.4 Å². The summed E-state index contributed by atoms with van der Waals surface area (Å²) in [7, 11) is 2.09. The van der Waals surface area contributed by atoms with E-state index in [4.69, 9.17) is 12.2 Å². The summed E-state index contributed by atoms with van der Waals surface area (Å²) in [5.74, 6) is 0. The van der Waals surface area contributed by atoms with E-state index >= 15 is 0 Å². The minimum absolute atomic E-state index is 0.0853. The second-order valence-electron chi connectivity index (χ2n) is 5.01. The molecule has 4 heteroatoms. The molecule has 0 amide bonds. The van der Waals surface area contributed by atoms with Crippen LogP contribution in [0.3, 0.4) is 0 Å². The lowest BCUT2D eigenvalue weighted by Gasteiger charge is -2.42. The van der Waals surface area contributed by atoms with Gasteiger partial charge in [0.15, 0.2) is 5.11 Å². The lowest BCUT2D eigenvalue weighted by atomic mass is 9.85. The second-order valence-corrected chi connectivity index (χ2v) is 5.37. The van der Waals surface area contributed by atoms with Crippen molar-refractivity contribution in [3.8, 4) is 0 Å². The summed E-state index contributed by atoms with van der Waals surface area (Å²) >= 11 is 5.52. The van der Waals surface area contributed by atoms with Gasteiger partial charge in [0.05, 0.1) is 5.69 Å². The number of rotatable bonds is 1. The van der Waals surface area contributed by atoms with E-state index < -0.39 is 0 Å². The molecule has 0 atom stereocenters. The van der Waals surface area contributed by atoms with Crippen molar-refractivity contribution in [3.63, 3.8) is 0 Å². The molecule has 1 saturated carbocycles. The van der Waals surface area contributed by atoms with Crippen LogP contribution in [-0.4, -0.2) is 22.7 Å². The van der Waals surface area contributed by atoms with Crippen molar-refractivity contribution in [2.45, 2.75) is 31.8 Å². The minimum Gasteiger partial charge on any atom is -0.331 e. The Morgan fingerprint density at radius 2 is 1.88 bits per heavy atom. The zero-order valence-corrected chi connectivity index (χ0v) is 11.0. The van der Waals surface area contributed by atoms with Crippen molar-refractivity contribution in [2.24, 2.45) is 0 Å². The van der Waals surface area contributed by atoms with E-state index in [9.17, 15) is 0 Å². The van der Waals surface area contributed by atoms with E-state index in [0.717, 1.165) is 10.8 Å². The normalized spacial score (nSPS) is 22.1. The van der Waals surface area contributed by atoms with Crippen LogP contribution in [0.25, 0.3) is 0 Å². The Balaban J connectivity index is 1.90. The van der Waals surface area contributed by atoms with Gasteiger partial charge in [-0.1, -0.05) is 17.7 Å². The molecular formula is C13H17N3S. The first-order valence-electron chi connectivity index (χ1n) is 6.05. The summed E-state index contributed by atoms with van der Waals surface area (Å²) in [5, 5.41) is 2.90. The number of anilines is 1. The number of aryl methyl sites for hydroxylation is 1. The van der Waals surface area contributed by atoms with Gasteiger partial charge in [0.25, 0.3) is 0 Å². The molecular weight excluding hydrogens is 230 g/mol. The van der Waals surface area contributed by atoms with Gasteiger partial charge in [0, 0.05) is 7.05 Å². The van der Waals surface area contributed by atoms with Gasteiger partial charge in [-0.05, 0) is 50.5 Å². The van der Waals surface area contributed by atoms with Gasteiger partial charge in [-0.2, -0.15) is 0 Å². The summed E-state index contributed by atoms with van der Waals surface area (Å²) in [6, 6.07) is 8.46. The molecule has 1 saturated heterocycles. The van der Waals surface area contributed by atoms with Crippen LogP contribution in [0.4, 0.5) is 5.69 Å². The maximum atomic E-state index is 5.52. The molecule has 0 radical (unpaired) electrons. The SMILES string of the molecule is Cc1ccc(N2NC3(CCC3)N(C)C2=S)cc1. The summed E-state index contributed by atoms with van der Waals surface area (Å²) < 4.78 is 0.